The highest BCUT2D eigenvalue weighted by Crippen LogP contribution is 2.36. The lowest BCUT2D eigenvalue weighted by Crippen LogP contribution is -2.09. The van der Waals surface area contributed by atoms with Crippen LogP contribution in [0.2, 0.25) is 0 Å². The summed E-state index contributed by atoms with van der Waals surface area (Å²) in [6.45, 7) is 0. The maximum absolute atomic E-state index is 10.1. The SMILES string of the molecule is OC1CCCc2c1ccc1cc3ccccc3cc21. The van der Waals surface area contributed by atoms with Crippen LogP contribution in [0.5, 0.6) is 0 Å². The van der Waals surface area contributed by atoms with Crippen LogP contribution in [0, 0.1) is 0 Å². The van der Waals surface area contributed by atoms with E-state index in [0.29, 0.717) is 0 Å². The van der Waals surface area contributed by atoms with Gasteiger partial charge in [0, 0.05) is 0 Å². The molecule has 1 aliphatic carbocycles. The molecule has 1 heteroatoms. The topological polar surface area (TPSA) is 20.2 Å². The third-order valence-corrected chi connectivity index (χ3v) is 4.30. The fourth-order valence-corrected chi connectivity index (χ4v) is 3.31. The zero-order valence-electron chi connectivity index (χ0n) is 10.8. The lowest BCUT2D eigenvalue weighted by Gasteiger charge is -2.23. The molecule has 4 rings (SSSR count). The first-order chi connectivity index (χ1) is 9.33. The van der Waals surface area contributed by atoms with Gasteiger partial charge in [-0.3, -0.25) is 0 Å². The monoisotopic (exact) mass is 248 g/mol. The molecule has 1 atom stereocenters. The van der Waals surface area contributed by atoms with Gasteiger partial charge in [0.1, 0.15) is 0 Å². The third-order valence-electron chi connectivity index (χ3n) is 4.30. The van der Waals surface area contributed by atoms with Gasteiger partial charge in [0.25, 0.3) is 0 Å². The van der Waals surface area contributed by atoms with Crippen molar-refractivity contribution < 1.29 is 5.11 Å². The van der Waals surface area contributed by atoms with Gasteiger partial charge >= 0.3 is 0 Å². The van der Waals surface area contributed by atoms with Gasteiger partial charge in [-0.2, -0.15) is 0 Å². The highest BCUT2D eigenvalue weighted by Gasteiger charge is 2.19. The summed E-state index contributed by atoms with van der Waals surface area (Å²) in [7, 11) is 0. The van der Waals surface area contributed by atoms with Crippen LogP contribution < -0.4 is 0 Å². The smallest absolute Gasteiger partial charge is 0.0793 e. The van der Waals surface area contributed by atoms with Gasteiger partial charge in [-0.05, 0) is 64.1 Å². The van der Waals surface area contributed by atoms with E-state index in [1.807, 2.05) is 0 Å². The molecule has 0 aliphatic heterocycles. The molecule has 0 amide bonds. The van der Waals surface area contributed by atoms with E-state index in [0.717, 1.165) is 24.8 Å². The predicted molar refractivity (Wildman–Crippen MR) is 79.4 cm³/mol. The average Bonchev–Trinajstić information content (AvgIpc) is 2.45. The molecule has 0 spiro atoms. The Hall–Kier alpha value is -1.86. The number of hydrogen-bond donors (Lipinski definition) is 1. The standard InChI is InChI=1S/C18H16O/c19-18-7-3-6-15-16(18)9-8-14-10-12-4-1-2-5-13(12)11-17(14)15/h1-2,4-5,8-11,18-19H,3,6-7H2. The van der Waals surface area contributed by atoms with Crippen molar-refractivity contribution in [3.8, 4) is 0 Å². The van der Waals surface area contributed by atoms with E-state index < -0.39 is 0 Å². The van der Waals surface area contributed by atoms with Gasteiger partial charge < -0.3 is 5.11 Å². The van der Waals surface area contributed by atoms with E-state index in [1.54, 1.807) is 0 Å². The molecule has 3 aromatic rings. The van der Waals surface area contributed by atoms with Crippen molar-refractivity contribution in [2.75, 3.05) is 0 Å². The molecule has 1 nitrogen and oxygen atoms in total. The number of hydrogen-bond acceptors (Lipinski definition) is 1. The Kier molecular flexibility index (Phi) is 2.36. The molecule has 3 aromatic carbocycles. The third kappa shape index (κ3) is 1.66. The summed E-state index contributed by atoms with van der Waals surface area (Å²) in [5, 5.41) is 15.3. The average molecular weight is 248 g/mol. The van der Waals surface area contributed by atoms with Gasteiger partial charge in [-0.15, -0.1) is 0 Å². The first-order valence-electron chi connectivity index (χ1n) is 6.95. The second kappa shape index (κ2) is 4.07. The van der Waals surface area contributed by atoms with Crippen LogP contribution in [-0.2, 0) is 6.42 Å². The predicted octanol–water partition coefficient (Wildman–Crippen LogP) is 4.36. The van der Waals surface area contributed by atoms with Crippen LogP contribution >= 0.6 is 0 Å². The second-order valence-corrected chi connectivity index (χ2v) is 5.46. The lowest BCUT2D eigenvalue weighted by atomic mass is 9.85. The van der Waals surface area contributed by atoms with Crippen molar-refractivity contribution in [3.63, 3.8) is 0 Å². The number of benzene rings is 3. The van der Waals surface area contributed by atoms with Crippen LogP contribution in [0.15, 0.2) is 48.5 Å². The van der Waals surface area contributed by atoms with Gasteiger partial charge in [0.05, 0.1) is 6.10 Å². The number of aliphatic hydroxyl groups excluding tert-OH is 1. The van der Waals surface area contributed by atoms with Crippen molar-refractivity contribution in [1.82, 2.24) is 0 Å². The number of rotatable bonds is 0. The molecule has 0 saturated heterocycles. The minimum atomic E-state index is -0.278. The van der Waals surface area contributed by atoms with Crippen molar-refractivity contribution in [1.29, 1.82) is 0 Å². The molecule has 0 heterocycles. The van der Waals surface area contributed by atoms with Crippen LogP contribution in [0.1, 0.15) is 30.1 Å². The first kappa shape index (κ1) is 11.0. The highest BCUT2D eigenvalue weighted by atomic mass is 16.3. The minimum Gasteiger partial charge on any atom is -0.388 e. The molecule has 19 heavy (non-hydrogen) atoms. The molecule has 0 aromatic heterocycles. The fraction of sp³-hybridized carbons (Fsp3) is 0.222. The maximum atomic E-state index is 10.1. The molecule has 0 fully saturated rings. The molecule has 1 unspecified atom stereocenters. The first-order valence-corrected chi connectivity index (χ1v) is 6.95. The van der Waals surface area contributed by atoms with Crippen molar-refractivity contribution in [3.05, 3.63) is 59.7 Å². The summed E-state index contributed by atoms with van der Waals surface area (Å²) in [5.74, 6) is 0. The van der Waals surface area contributed by atoms with E-state index in [9.17, 15) is 5.11 Å². The normalized spacial score (nSPS) is 18.7. The van der Waals surface area contributed by atoms with E-state index in [1.165, 1.54) is 27.1 Å². The molecule has 94 valence electrons. The molecule has 1 aliphatic rings. The van der Waals surface area contributed by atoms with Gasteiger partial charge in [0.2, 0.25) is 0 Å². The minimum absolute atomic E-state index is 0.278. The Morgan fingerprint density at radius 1 is 0.895 bits per heavy atom. The van der Waals surface area contributed by atoms with Crippen LogP contribution in [0.4, 0.5) is 0 Å². The molecular formula is C18H16O. The summed E-state index contributed by atoms with van der Waals surface area (Å²) in [6, 6.07) is 17.3. The molecular weight excluding hydrogens is 232 g/mol. The fourth-order valence-electron chi connectivity index (χ4n) is 3.31. The van der Waals surface area contributed by atoms with Crippen molar-refractivity contribution >= 4 is 21.5 Å². The molecule has 0 saturated carbocycles. The Labute approximate surface area is 112 Å². The zero-order chi connectivity index (χ0) is 12.8. The molecule has 1 N–H and O–H groups in total. The summed E-state index contributed by atoms with van der Waals surface area (Å²) in [6.07, 6.45) is 2.79. The van der Waals surface area contributed by atoms with E-state index in [-0.39, 0.29) is 6.10 Å². The highest BCUT2D eigenvalue weighted by molar-refractivity contribution is 6.00. The van der Waals surface area contributed by atoms with E-state index in [2.05, 4.69) is 48.5 Å². The second-order valence-electron chi connectivity index (χ2n) is 5.46. The van der Waals surface area contributed by atoms with Crippen molar-refractivity contribution in [2.24, 2.45) is 0 Å². The quantitative estimate of drug-likeness (QED) is 0.586. The summed E-state index contributed by atoms with van der Waals surface area (Å²) in [5.41, 5.74) is 2.48. The van der Waals surface area contributed by atoms with Crippen LogP contribution in [0.3, 0.4) is 0 Å². The van der Waals surface area contributed by atoms with Gasteiger partial charge in [-0.25, -0.2) is 0 Å². The Morgan fingerprint density at radius 2 is 1.68 bits per heavy atom. The Balaban J connectivity index is 2.10. The van der Waals surface area contributed by atoms with Gasteiger partial charge in [-0.1, -0.05) is 36.4 Å². The van der Waals surface area contributed by atoms with Crippen LogP contribution in [-0.4, -0.2) is 5.11 Å². The zero-order valence-corrected chi connectivity index (χ0v) is 10.8. The van der Waals surface area contributed by atoms with Gasteiger partial charge in [0.15, 0.2) is 0 Å². The summed E-state index contributed by atoms with van der Waals surface area (Å²) >= 11 is 0. The number of aryl methyl sites for hydroxylation is 1. The maximum Gasteiger partial charge on any atom is 0.0793 e. The number of fused-ring (bicyclic) bond motifs is 4. The lowest BCUT2D eigenvalue weighted by molar-refractivity contribution is 0.157. The Bertz CT molecular complexity index is 773. The summed E-state index contributed by atoms with van der Waals surface area (Å²) < 4.78 is 0. The largest absolute Gasteiger partial charge is 0.388 e. The van der Waals surface area contributed by atoms with E-state index >= 15 is 0 Å². The molecule has 0 bridgehead atoms. The summed E-state index contributed by atoms with van der Waals surface area (Å²) in [4.78, 5) is 0. The van der Waals surface area contributed by atoms with Crippen LogP contribution in [0.25, 0.3) is 21.5 Å². The molecule has 0 radical (unpaired) electrons. The number of aliphatic hydroxyl groups is 1. The Morgan fingerprint density at radius 3 is 2.53 bits per heavy atom. The van der Waals surface area contributed by atoms with E-state index in [4.69, 9.17) is 0 Å². The van der Waals surface area contributed by atoms with Crippen molar-refractivity contribution in [2.45, 2.75) is 25.4 Å².